The van der Waals surface area contributed by atoms with Gasteiger partial charge < -0.3 is 19.9 Å². The number of nitrogens with zero attached hydrogens (tertiary/aromatic N) is 3. The second-order valence-electron chi connectivity index (χ2n) is 6.50. The number of ether oxygens (including phenoxy) is 1. The van der Waals surface area contributed by atoms with E-state index in [1.165, 1.54) is 12.8 Å². The van der Waals surface area contributed by atoms with E-state index in [4.69, 9.17) is 10.5 Å². The lowest BCUT2D eigenvalue weighted by Gasteiger charge is -2.38. The minimum atomic E-state index is 0.275. The summed E-state index contributed by atoms with van der Waals surface area (Å²) in [5, 5.41) is 0. The average Bonchev–Trinajstić information content (AvgIpc) is 2.79. The van der Waals surface area contributed by atoms with Crippen molar-refractivity contribution in [3.63, 3.8) is 0 Å². The summed E-state index contributed by atoms with van der Waals surface area (Å²) < 4.78 is 7.53. The second kappa shape index (κ2) is 5.22. The van der Waals surface area contributed by atoms with Gasteiger partial charge in [0.2, 0.25) is 5.95 Å². The first-order chi connectivity index (χ1) is 10.0. The van der Waals surface area contributed by atoms with Crippen molar-refractivity contribution < 1.29 is 4.74 Å². The van der Waals surface area contributed by atoms with E-state index >= 15 is 0 Å². The van der Waals surface area contributed by atoms with Gasteiger partial charge in [-0.25, -0.2) is 4.98 Å². The predicted molar refractivity (Wildman–Crippen MR) is 85.5 cm³/mol. The van der Waals surface area contributed by atoms with Crippen molar-refractivity contribution in [1.82, 2.24) is 14.5 Å². The molecule has 1 aromatic carbocycles. The number of rotatable bonds is 3. The molecule has 0 atom stereocenters. The molecule has 1 fully saturated rings. The molecule has 0 spiro atoms. The number of piperidine rings is 1. The summed E-state index contributed by atoms with van der Waals surface area (Å²) in [5.41, 5.74) is 8.36. The Labute approximate surface area is 125 Å². The van der Waals surface area contributed by atoms with Gasteiger partial charge in [0.1, 0.15) is 11.3 Å². The number of anilines is 1. The lowest BCUT2D eigenvalue weighted by Crippen LogP contribution is -2.38. The summed E-state index contributed by atoms with van der Waals surface area (Å²) >= 11 is 0. The topological polar surface area (TPSA) is 56.3 Å². The van der Waals surface area contributed by atoms with Crippen LogP contribution in [-0.2, 0) is 6.54 Å². The minimum absolute atomic E-state index is 0.275. The summed E-state index contributed by atoms with van der Waals surface area (Å²) in [6.07, 6.45) is 2.37. The summed E-state index contributed by atoms with van der Waals surface area (Å²) in [4.78, 5) is 6.89. The first-order valence-corrected chi connectivity index (χ1v) is 7.50. The molecule has 1 aliphatic heterocycles. The van der Waals surface area contributed by atoms with Crippen LogP contribution in [0.4, 0.5) is 5.95 Å². The third-order valence-electron chi connectivity index (χ3n) is 4.73. The maximum absolute atomic E-state index is 6.17. The highest BCUT2D eigenvalue weighted by molar-refractivity contribution is 5.84. The van der Waals surface area contributed by atoms with E-state index in [0.717, 1.165) is 36.4 Å². The Bertz CT molecular complexity index is 641. The number of methoxy groups -OCH3 is 1. The molecular formula is C16H24N4O. The molecule has 5 heteroatoms. The second-order valence-corrected chi connectivity index (χ2v) is 6.50. The van der Waals surface area contributed by atoms with Crippen molar-refractivity contribution in [3.05, 3.63) is 18.2 Å². The van der Waals surface area contributed by atoms with E-state index in [0.29, 0.717) is 5.95 Å². The predicted octanol–water partition coefficient (Wildman–Crippen LogP) is 2.36. The van der Waals surface area contributed by atoms with Gasteiger partial charge >= 0.3 is 0 Å². The SMILES string of the molecule is COc1cccc2c1nc(N)n2CC1(C)CCN(C)CC1. The van der Waals surface area contributed by atoms with Gasteiger partial charge in [0, 0.05) is 6.54 Å². The molecule has 0 radical (unpaired) electrons. The monoisotopic (exact) mass is 288 g/mol. The number of fused-ring (bicyclic) bond motifs is 1. The van der Waals surface area contributed by atoms with Crippen molar-refractivity contribution in [2.24, 2.45) is 5.41 Å². The summed E-state index contributed by atoms with van der Waals surface area (Å²) in [5.74, 6) is 1.36. The maximum Gasteiger partial charge on any atom is 0.201 e. The molecule has 2 heterocycles. The molecule has 0 unspecified atom stereocenters. The summed E-state index contributed by atoms with van der Waals surface area (Å²) in [6.45, 7) is 5.56. The number of nitrogens with two attached hydrogens (primary N) is 1. The van der Waals surface area contributed by atoms with Gasteiger partial charge in [0.05, 0.1) is 12.6 Å². The van der Waals surface area contributed by atoms with Gasteiger partial charge in [-0.2, -0.15) is 0 Å². The molecule has 114 valence electrons. The zero-order chi connectivity index (χ0) is 15.0. The molecule has 0 aliphatic carbocycles. The average molecular weight is 288 g/mol. The molecule has 1 saturated heterocycles. The van der Waals surface area contributed by atoms with Gasteiger partial charge in [-0.1, -0.05) is 13.0 Å². The van der Waals surface area contributed by atoms with Crippen molar-refractivity contribution in [2.45, 2.75) is 26.3 Å². The van der Waals surface area contributed by atoms with Gasteiger partial charge in [0.25, 0.3) is 0 Å². The zero-order valence-electron chi connectivity index (χ0n) is 13.1. The standard InChI is InChI=1S/C16H24N4O/c1-16(7-9-19(2)10-8-16)11-20-12-5-4-6-13(21-3)14(12)18-15(20)17/h4-6H,7-11H2,1-3H3,(H2,17,18). The van der Waals surface area contributed by atoms with Crippen LogP contribution in [0.1, 0.15) is 19.8 Å². The first-order valence-electron chi connectivity index (χ1n) is 7.50. The molecule has 5 nitrogen and oxygen atoms in total. The number of hydrogen-bond donors (Lipinski definition) is 1. The quantitative estimate of drug-likeness (QED) is 0.942. The van der Waals surface area contributed by atoms with E-state index in [2.05, 4.69) is 34.5 Å². The van der Waals surface area contributed by atoms with E-state index in [-0.39, 0.29) is 5.41 Å². The number of likely N-dealkylation sites (tertiary alicyclic amines) is 1. The Morgan fingerprint density at radius 1 is 1.33 bits per heavy atom. The fourth-order valence-corrected chi connectivity index (χ4v) is 3.17. The lowest BCUT2D eigenvalue weighted by molar-refractivity contribution is 0.122. The third kappa shape index (κ3) is 2.58. The van der Waals surface area contributed by atoms with E-state index < -0.39 is 0 Å². The molecule has 2 N–H and O–H groups in total. The number of aromatic nitrogens is 2. The normalized spacial score (nSPS) is 19.0. The summed E-state index contributed by atoms with van der Waals surface area (Å²) in [6, 6.07) is 5.99. The van der Waals surface area contributed by atoms with Crippen LogP contribution >= 0.6 is 0 Å². The third-order valence-corrected chi connectivity index (χ3v) is 4.73. The lowest BCUT2D eigenvalue weighted by atomic mass is 9.80. The molecule has 0 bridgehead atoms. The fourth-order valence-electron chi connectivity index (χ4n) is 3.17. The van der Waals surface area contributed by atoms with Crippen molar-refractivity contribution in [3.8, 4) is 5.75 Å². The number of nitrogen functional groups attached to an aromatic ring is 1. The molecule has 21 heavy (non-hydrogen) atoms. The Morgan fingerprint density at radius 2 is 2.05 bits per heavy atom. The Balaban J connectivity index is 1.95. The summed E-state index contributed by atoms with van der Waals surface area (Å²) in [7, 11) is 3.85. The Kier molecular flexibility index (Phi) is 3.53. The highest BCUT2D eigenvalue weighted by Gasteiger charge is 2.30. The smallest absolute Gasteiger partial charge is 0.201 e. The fraction of sp³-hybridized carbons (Fsp3) is 0.562. The first kappa shape index (κ1) is 14.2. The van der Waals surface area contributed by atoms with Crippen LogP contribution < -0.4 is 10.5 Å². The highest BCUT2D eigenvalue weighted by atomic mass is 16.5. The number of imidazole rings is 1. The van der Waals surface area contributed by atoms with Gasteiger partial charge in [0.15, 0.2) is 0 Å². The van der Waals surface area contributed by atoms with E-state index in [9.17, 15) is 0 Å². The van der Waals surface area contributed by atoms with Crippen LogP contribution in [0.2, 0.25) is 0 Å². The molecule has 3 rings (SSSR count). The number of benzene rings is 1. The van der Waals surface area contributed by atoms with Gasteiger partial charge in [-0.15, -0.1) is 0 Å². The highest BCUT2D eigenvalue weighted by Crippen LogP contribution is 2.35. The van der Waals surface area contributed by atoms with E-state index in [1.807, 2.05) is 12.1 Å². The molecule has 0 amide bonds. The Hall–Kier alpha value is -1.75. The molecule has 1 aromatic heterocycles. The van der Waals surface area contributed by atoms with Crippen LogP contribution in [0.3, 0.4) is 0 Å². The van der Waals surface area contributed by atoms with Crippen LogP contribution in [0.5, 0.6) is 5.75 Å². The Morgan fingerprint density at radius 3 is 2.71 bits per heavy atom. The van der Waals surface area contributed by atoms with Crippen LogP contribution in [0.25, 0.3) is 11.0 Å². The van der Waals surface area contributed by atoms with E-state index in [1.54, 1.807) is 7.11 Å². The van der Waals surface area contributed by atoms with Gasteiger partial charge in [-0.05, 0) is 50.5 Å². The largest absolute Gasteiger partial charge is 0.494 e. The molecule has 0 saturated carbocycles. The number of para-hydroxylation sites is 1. The maximum atomic E-state index is 6.17. The molecular weight excluding hydrogens is 264 g/mol. The van der Waals surface area contributed by atoms with Crippen LogP contribution in [0, 0.1) is 5.41 Å². The molecule has 2 aromatic rings. The van der Waals surface area contributed by atoms with Crippen LogP contribution in [-0.4, -0.2) is 41.7 Å². The van der Waals surface area contributed by atoms with Crippen molar-refractivity contribution >= 4 is 17.0 Å². The van der Waals surface area contributed by atoms with Gasteiger partial charge in [-0.3, -0.25) is 0 Å². The zero-order valence-corrected chi connectivity index (χ0v) is 13.1. The van der Waals surface area contributed by atoms with Crippen molar-refractivity contribution in [2.75, 3.05) is 33.0 Å². The van der Waals surface area contributed by atoms with Crippen molar-refractivity contribution in [1.29, 1.82) is 0 Å². The minimum Gasteiger partial charge on any atom is -0.494 e. The molecule has 1 aliphatic rings. The number of hydrogen-bond acceptors (Lipinski definition) is 4. The van der Waals surface area contributed by atoms with Crippen LogP contribution in [0.15, 0.2) is 18.2 Å².